The Morgan fingerprint density at radius 1 is 1.14 bits per heavy atom. The second-order valence-corrected chi connectivity index (χ2v) is 6.29. The standard InChI is InChI=1S/C14H18N4O2S/c1-3-15-14-16-9-13(10-17-14)21(19,20)18-8-12-7-5-4-6-11(12)2/h4-7,9-10,18H,3,8H2,1-2H3,(H,15,16,17). The molecule has 0 atom stereocenters. The molecule has 0 bridgehead atoms. The number of nitrogens with one attached hydrogen (secondary N) is 2. The van der Waals surface area contributed by atoms with Gasteiger partial charge >= 0.3 is 0 Å². The molecule has 1 heterocycles. The molecule has 0 fully saturated rings. The Morgan fingerprint density at radius 3 is 2.43 bits per heavy atom. The summed E-state index contributed by atoms with van der Waals surface area (Å²) in [6.07, 6.45) is 2.59. The predicted octanol–water partition coefficient (Wildman–Crippen LogP) is 1.70. The van der Waals surface area contributed by atoms with Gasteiger partial charge in [-0.05, 0) is 25.0 Å². The maximum atomic E-state index is 12.2. The third-order valence-corrected chi connectivity index (χ3v) is 4.34. The number of nitrogens with zero attached hydrogens (tertiary/aromatic N) is 2. The van der Waals surface area contributed by atoms with Crippen molar-refractivity contribution in [2.45, 2.75) is 25.3 Å². The van der Waals surface area contributed by atoms with Crippen LogP contribution in [-0.4, -0.2) is 24.9 Å². The number of sulfonamides is 1. The van der Waals surface area contributed by atoms with Gasteiger partial charge in [0.1, 0.15) is 4.90 Å². The largest absolute Gasteiger partial charge is 0.355 e. The van der Waals surface area contributed by atoms with Crippen LogP contribution in [0.2, 0.25) is 0 Å². The summed E-state index contributed by atoms with van der Waals surface area (Å²) in [5, 5.41) is 2.91. The van der Waals surface area contributed by atoms with Crippen LogP contribution in [0.15, 0.2) is 41.6 Å². The molecule has 0 unspecified atom stereocenters. The fourth-order valence-corrected chi connectivity index (χ4v) is 2.66. The van der Waals surface area contributed by atoms with Gasteiger partial charge in [-0.25, -0.2) is 23.1 Å². The minimum Gasteiger partial charge on any atom is -0.355 e. The first-order valence-electron chi connectivity index (χ1n) is 6.63. The molecule has 2 N–H and O–H groups in total. The van der Waals surface area contributed by atoms with E-state index in [0.717, 1.165) is 11.1 Å². The Labute approximate surface area is 124 Å². The first kappa shape index (κ1) is 15.4. The van der Waals surface area contributed by atoms with E-state index in [2.05, 4.69) is 20.0 Å². The van der Waals surface area contributed by atoms with E-state index < -0.39 is 10.0 Å². The van der Waals surface area contributed by atoms with Crippen molar-refractivity contribution in [1.82, 2.24) is 14.7 Å². The van der Waals surface area contributed by atoms with Crippen LogP contribution in [0.5, 0.6) is 0 Å². The molecule has 0 aliphatic carbocycles. The number of aromatic nitrogens is 2. The zero-order valence-corrected chi connectivity index (χ0v) is 12.8. The molecular formula is C14H18N4O2S. The van der Waals surface area contributed by atoms with Gasteiger partial charge < -0.3 is 5.32 Å². The molecule has 0 aliphatic heterocycles. The highest BCUT2D eigenvalue weighted by molar-refractivity contribution is 7.89. The van der Waals surface area contributed by atoms with E-state index >= 15 is 0 Å². The van der Waals surface area contributed by atoms with Crippen molar-refractivity contribution >= 4 is 16.0 Å². The summed E-state index contributed by atoms with van der Waals surface area (Å²) in [5.41, 5.74) is 1.98. The zero-order valence-electron chi connectivity index (χ0n) is 12.0. The third kappa shape index (κ3) is 3.99. The topological polar surface area (TPSA) is 84.0 Å². The predicted molar refractivity (Wildman–Crippen MR) is 81.4 cm³/mol. The molecular weight excluding hydrogens is 288 g/mol. The monoisotopic (exact) mass is 306 g/mol. The molecule has 2 rings (SSSR count). The normalized spacial score (nSPS) is 11.3. The molecule has 112 valence electrons. The van der Waals surface area contributed by atoms with Crippen LogP contribution in [0.4, 0.5) is 5.95 Å². The molecule has 1 aromatic heterocycles. The summed E-state index contributed by atoms with van der Waals surface area (Å²) < 4.78 is 26.9. The van der Waals surface area contributed by atoms with E-state index in [0.29, 0.717) is 12.5 Å². The van der Waals surface area contributed by atoms with E-state index in [9.17, 15) is 8.42 Å². The lowest BCUT2D eigenvalue weighted by atomic mass is 10.1. The van der Waals surface area contributed by atoms with Gasteiger partial charge in [-0.3, -0.25) is 0 Å². The zero-order chi connectivity index (χ0) is 15.3. The Bertz CT molecular complexity index is 699. The van der Waals surface area contributed by atoms with Crippen LogP contribution in [0.25, 0.3) is 0 Å². The van der Waals surface area contributed by atoms with E-state index in [1.165, 1.54) is 12.4 Å². The smallest absolute Gasteiger partial charge is 0.243 e. The van der Waals surface area contributed by atoms with Crippen molar-refractivity contribution in [1.29, 1.82) is 0 Å². The number of anilines is 1. The van der Waals surface area contributed by atoms with Gasteiger partial charge in [-0.2, -0.15) is 0 Å². The van der Waals surface area contributed by atoms with Crippen molar-refractivity contribution in [2.75, 3.05) is 11.9 Å². The minimum absolute atomic E-state index is 0.0535. The van der Waals surface area contributed by atoms with Crippen molar-refractivity contribution in [2.24, 2.45) is 0 Å². The number of rotatable bonds is 6. The quantitative estimate of drug-likeness (QED) is 0.848. The molecule has 0 spiro atoms. The van der Waals surface area contributed by atoms with Crippen LogP contribution in [-0.2, 0) is 16.6 Å². The van der Waals surface area contributed by atoms with Gasteiger partial charge in [-0.15, -0.1) is 0 Å². The maximum absolute atomic E-state index is 12.2. The molecule has 1 aromatic carbocycles. The van der Waals surface area contributed by atoms with E-state index in [-0.39, 0.29) is 11.4 Å². The first-order chi connectivity index (χ1) is 10.0. The molecule has 0 saturated heterocycles. The summed E-state index contributed by atoms with van der Waals surface area (Å²) in [6.45, 7) is 4.78. The number of hydrogen-bond acceptors (Lipinski definition) is 5. The van der Waals surface area contributed by atoms with E-state index in [1.54, 1.807) is 0 Å². The van der Waals surface area contributed by atoms with Crippen molar-refractivity contribution in [3.8, 4) is 0 Å². The van der Waals surface area contributed by atoms with Crippen LogP contribution < -0.4 is 10.0 Å². The molecule has 0 aliphatic rings. The lowest BCUT2D eigenvalue weighted by molar-refractivity contribution is 0.580. The van der Waals surface area contributed by atoms with Crippen LogP contribution in [0.1, 0.15) is 18.1 Å². The van der Waals surface area contributed by atoms with Gasteiger partial charge in [0.2, 0.25) is 16.0 Å². The second kappa shape index (κ2) is 6.64. The molecule has 0 saturated carbocycles. The summed E-state index contributed by atoms with van der Waals surface area (Å²) >= 11 is 0. The summed E-state index contributed by atoms with van der Waals surface area (Å²) in [6, 6.07) is 7.63. The van der Waals surface area contributed by atoms with Crippen LogP contribution in [0, 0.1) is 6.92 Å². The first-order valence-corrected chi connectivity index (χ1v) is 8.11. The number of aryl methyl sites for hydroxylation is 1. The fourth-order valence-electron chi connectivity index (χ4n) is 1.77. The SMILES string of the molecule is CCNc1ncc(S(=O)(=O)NCc2ccccc2C)cn1. The maximum Gasteiger partial charge on any atom is 0.243 e. The lowest BCUT2D eigenvalue weighted by Crippen LogP contribution is -2.24. The molecule has 0 amide bonds. The van der Waals surface area contributed by atoms with Gasteiger partial charge in [-0.1, -0.05) is 24.3 Å². The lowest BCUT2D eigenvalue weighted by Gasteiger charge is -2.09. The molecule has 2 aromatic rings. The Balaban J connectivity index is 2.09. The molecule has 6 nitrogen and oxygen atoms in total. The fraction of sp³-hybridized carbons (Fsp3) is 0.286. The minimum atomic E-state index is -3.61. The van der Waals surface area contributed by atoms with Crippen molar-refractivity contribution < 1.29 is 8.42 Å². The highest BCUT2D eigenvalue weighted by atomic mass is 32.2. The Hall–Kier alpha value is -1.99. The van der Waals surface area contributed by atoms with Gasteiger partial charge in [0.25, 0.3) is 0 Å². The van der Waals surface area contributed by atoms with Crippen molar-refractivity contribution in [3.05, 3.63) is 47.8 Å². The van der Waals surface area contributed by atoms with E-state index in [1.807, 2.05) is 38.1 Å². The average Bonchev–Trinajstić information content (AvgIpc) is 2.47. The van der Waals surface area contributed by atoms with Crippen molar-refractivity contribution in [3.63, 3.8) is 0 Å². The molecule has 21 heavy (non-hydrogen) atoms. The Morgan fingerprint density at radius 2 is 1.81 bits per heavy atom. The molecule has 7 heteroatoms. The Kier molecular flexibility index (Phi) is 4.87. The van der Waals surface area contributed by atoms with Crippen LogP contribution >= 0.6 is 0 Å². The highest BCUT2D eigenvalue weighted by Gasteiger charge is 2.15. The summed E-state index contributed by atoms with van der Waals surface area (Å²) in [4.78, 5) is 7.99. The van der Waals surface area contributed by atoms with Crippen LogP contribution in [0.3, 0.4) is 0 Å². The summed E-state index contributed by atoms with van der Waals surface area (Å²) in [7, 11) is -3.61. The van der Waals surface area contributed by atoms with Gasteiger partial charge in [0.05, 0.1) is 12.4 Å². The second-order valence-electron chi connectivity index (χ2n) is 4.52. The number of benzene rings is 1. The average molecular weight is 306 g/mol. The van der Waals surface area contributed by atoms with Gasteiger partial charge in [0, 0.05) is 13.1 Å². The third-order valence-electron chi connectivity index (χ3n) is 2.99. The number of hydrogen-bond donors (Lipinski definition) is 2. The molecule has 0 radical (unpaired) electrons. The summed E-state index contributed by atoms with van der Waals surface area (Å²) in [5.74, 6) is 0.412. The van der Waals surface area contributed by atoms with Gasteiger partial charge in [0.15, 0.2) is 0 Å². The van der Waals surface area contributed by atoms with E-state index in [4.69, 9.17) is 0 Å². The highest BCUT2D eigenvalue weighted by Crippen LogP contribution is 2.10.